The van der Waals surface area contributed by atoms with Gasteiger partial charge in [-0.3, -0.25) is 19.3 Å². The molecule has 38 heavy (non-hydrogen) atoms. The number of nitrogens with zero attached hydrogens (tertiary/aromatic N) is 2. The number of imide groups is 1. The molecule has 10 heteroatoms. The van der Waals surface area contributed by atoms with Gasteiger partial charge in [0.2, 0.25) is 5.91 Å². The minimum Gasteiger partial charge on any atom is -0.490 e. The number of morpholine rings is 1. The summed E-state index contributed by atoms with van der Waals surface area (Å²) >= 11 is 0.813. The summed E-state index contributed by atoms with van der Waals surface area (Å²) < 4.78 is 17.0. The van der Waals surface area contributed by atoms with Gasteiger partial charge in [0.05, 0.1) is 42.7 Å². The molecule has 3 amide bonds. The van der Waals surface area contributed by atoms with Crippen LogP contribution in [0.1, 0.15) is 26.3 Å². The average Bonchev–Trinajstić information content (AvgIpc) is 3.16. The molecule has 2 heterocycles. The zero-order valence-electron chi connectivity index (χ0n) is 21.9. The molecular weight excluding hydrogens is 506 g/mol. The first-order chi connectivity index (χ1) is 18.4. The maximum Gasteiger partial charge on any atom is 0.294 e. The van der Waals surface area contributed by atoms with Gasteiger partial charge in [-0.2, -0.15) is 0 Å². The van der Waals surface area contributed by atoms with Crippen LogP contribution in [-0.2, 0) is 14.3 Å². The average molecular weight is 540 g/mol. The van der Waals surface area contributed by atoms with Gasteiger partial charge in [-0.15, -0.1) is 0 Å². The Morgan fingerprint density at radius 1 is 1.11 bits per heavy atom. The molecule has 9 nitrogen and oxygen atoms in total. The summed E-state index contributed by atoms with van der Waals surface area (Å²) in [6, 6.07) is 12.9. The van der Waals surface area contributed by atoms with Crippen LogP contribution >= 0.6 is 11.8 Å². The zero-order chi connectivity index (χ0) is 27.1. The molecule has 2 aliphatic heterocycles. The van der Waals surface area contributed by atoms with E-state index in [2.05, 4.69) is 24.1 Å². The molecule has 0 radical (unpaired) electrons. The number of rotatable bonds is 10. The molecule has 0 aromatic heterocycles. The lowest BCUT2D eigenvalue weighted by atomic mass is 10.1. The fraction of sp³-hybridized carbons (Fsp3) is 0.393. The fourth-order valence-corrected chi connectivity index (χ4v) is 4.88. The molecule has 2 saturated heterocycles. The van der Waals surface area contributed by atoms with E-state index in [1.54, 1.807) is 30.3 Å². The number of benzene rings is 2. The lowest BCUT2D eigenvalue weighted by molar-refractivity contribution is -0.127. The smallest absolute Gasteiger partial charge is 0.294 e. The molecule has 0 atom stereocenters. The number of carbonyl (C=O) groups excluding carboxylic acids is 3. The fourth-order valence-electron chi connectivity index (χ4n) is 4.04. The summed E-state index contributed by atoms with van der Waals surface area (Å²) in [5, 5.41) is 2.37. The van der Waals surface area contributed by atoms with Crippen LogP contribution in [-0.4, -0.2) is 68.0 Å². The van der Waals surface area contributed by atoms with E-state index in [1.165, 1.54) is 0 Å². The van der Waals surface area contributed by atoms with Crippen molar-refractivity contribution in [1.29, 1.82) is 0 Å². The Hall–Kier alpha value is -3.50. The van der Waals surface area contributed by atoms with Gasteiger partial charge in [0, 0.05) is 13.1 Å². The second-order valence-electron chi connectivity index (χ2n) is 9.28. The van der Waals surface area contributed by atoms with Gasteiger partial charge in [0.15, 0.2) is 11.5 Å². The molecular formula is C28H33N3O6S. The van der Waals surface area contributed by atoms with E-state index in [0.29, 0.717) is 55.1 Å². The van der Waals surface area contributed by atoms with Gasteiger partial charge in [-0.1, -0.05) is 32.0 Å². The van der Waals surface area contributed by atoms with Crippen molar-refractivity contribution in [3.8, 4) is 11.5 Å². The van der Waals surface area contributed by atoms with Gasteiger partial charge in [0.1, 0.15) is 6.54 Å². The number of nitrogens with one attached hydrogen (secondary N) is 1. The quantitative estimate of drug-likeness (QED) is 0.437. The first-order valence-electron chi connectivity index (χ1n) is 12.7. The van der Waals surface area contributed by atoms with Gasteiger partial charge >= 0.3 is 0 Å². The predicted molar refractivity (Wildman–Crippen MR) is 149 cm³/mol. The SMILES string of the molecule is CCOc1cc(/C=C2\SC(=O)N(CC(=O)Nc3ccccc3N3CCOCC3)C2=O)ccc1OCC(C)C. The predicted octanol–water partition coefficient (Wildman–Crippen LogP) is 4.63. The third-order valence-electron chi connectivity index (χ3n) is 5.84. The Balaban J connectivity index is 1.44. The first kappa shape index (κ1) is 27.5. The third-order valence-corrected chi connectivity index (χ3v) is 6.75. The Morgan fingerprint density at radius 2 is 1.87 bits per heavy atom. The topological polar surface area (TPSA) is 97.4 Å². The van der Waals surface area contributed by atoms with Gasteiger partial charge in [-0.25, -0.2) is 0 Å². The molecule has 2 fully saturated rings. The minimum absolute atomic E-state index is 0.245. The molecule has 2 aromatic rings. The van der Waals surface area contributed by atoms with E-state index < -0.39 is 17.1 Å². The number of para-hydroxylation sites is 2. The van der Waals surface area contributed by atoms with E-state index in [-0.39, 0.29) is 11.4 Å². The van der Waals surface area contributed by atoms with Crippen molar-refractivity contribution in [2.24, 2.45) is 5.92 Å². The number of hydrogen-bond acceptors (Lipinski definition) is 8. The summed E-state index contributed by atoms with van der Waals surface area (Å²) in [7, 11) is 0. The zero-order valence-corrected chi connectivity index (χ0v) is 22.7. The number of anilines is 2. The van der Waals surface area contributed by atoms with Crippen molar-refractivity contribution in [2.75, 3.05) is 56.3 Å². The van der Waals surface area contributed by atoms with Crippen LogP contribution in [0.25, 0.3) is 6.08 Å². The summed E-state index contributed by atoms with van der Waals surface area (Å²) in [5.41, 5.74) is 2.20. The number of amides is 3. The highest BCUT2D eigenvalue weighted by Gasteiger charge is 2.36. The van der Waals surface area contributed by atoms with Crippen LogP contribution in [0, 0.1) is 5.92 Å². The van der Waals surface area contributed by atoms with Crippen molar-refractivity contribution in [3.63, 3.8) is 0 Å². The summed E-state index contributed by atoms with van der Waals surface area (Å²) in [6.07, 6.45) is 1.63. The van der Waals surface area contributed by atoms with Crippen molar-refractivity contribution in [2.45, 2.75) is 20.8 Å². The van der Waals surface area contributed by atoms with E-state index in [1.807, 2.05) is 25.1 Å². The number of ether oxygens (including phenoxy) is 3. The van der Waals surface area contributed by atoms with Crippen LogP contribution in [0.3, 0.4) is 0 Å². The monoisotopic (exact) mass is 539 g/mol. The number of carbonyl (C=O) groups is 3. The van der Waals surface area contributed by atoms with Crippen molar-refractivity contribution in [3.05, 3.63) is 52.9 Å². The highest BCUT2D eigenvalue weighted by Crippen LogP contribution is 2.35. The van der Waals surface area contributed by atoms with Gasteiger partial charge < -0.3 is 24.4 Å². The maximum atomic E-state index is 13.0. The number of thioether (sulfide) groups is 1. The van der Waals surface area contributed by atoms with E-state index in [9.17, 15) is 14.4 Å². The normalized spacial score (nSPS) is 16.9. The summed E-state index contributed by atoms with van der Waals surface area (Å²) in [5.74, 6) is 0.606. The molecule has 2 aliphatic rings. The van der Waals surface area contributed by atoms with Crippen LogP contribution in [0.4, 0.5) is 16.2 Å². The molecule has 0 bridgehead atoms. The molecule has 2 aromatic carbocycles. The van der Waals surface area contributed by atoms with Crippen LogP contribution in [0.15, 0.2) is 47.4 Å². The van der Waals surface area contributed by atoms with E-state index in [4.69, 9.17) is 14.2 Å². The second kappa shape index (κ2) is 12.8. The maximum absolute atomic E-state index is 13.0. The van der Waals surface area contributed by atoms with Crippen molar-refractivity contribution in [1.82, 2.24) is 4.90 Å². The Labute approximate surface area is 227 Å². The van der Waals surface area contributed by atoms with E-state index >= 15 is 0 Å². The Kier molecular flexibility index (Phi) is 9.30. The molecule has 0 aliphatic carbocycles. The van der Waals surface area contributed by atoms with Crippen LogP contribution < -0.4 is 19.7 Å². The van der Waals surface area contributed by atoms with Crippen molar-refractivity contribution < 1.29 is 28.6 Å². The van der Waals surface area contributed by atoms with Gasteiger partial charge in [0.25, 0.3) is 11.1 Å². The van der Waals surface area contributed by atoms with E-state index in [0.717, 1.165) is 35.4 Å². The highest BCUT2D eigenvalue weighted by molar-refractivity contribution is 8.18. The highest BCUT2D eigenvalue weighted by atomic mass is 32.2. The standard InChI is InChI=1S/C28H33N3O6S/c1-4-36-24-15-20(9-10-23(24)37-18-19(2)3)16-25-27(33)31(28(34)38-25)17-26(32)29-21-7-5-6-8-22(21)30-11-13-35-14-12-30/h5-10,15-16,19H,4,11-14,17-18H2,1-3H3,(H,29,32)/b25-16-. The number of hydrogen-bond donors (Lipinski definition) is 1. The molecule has 202 valence electrons. The Bertz CT molecular complexity index is 1210. The lowest BCUT2D eigenvalue weighted by Crippen LogP contribution is -2.38. The molecule has 4 rings (SSSR count). The van der Waals surface area contributed by atoms with Crippen molar-refractivity contribution >= 4 is 46.3 Å². The largest absolute Gasteiger partial charge is 0.490 e. The second-order valence-corrected chi connectivity index (χ2v) is 10.3. The third kappa shape index (κ3) is 6.87. The summed E-state index contributed by atoms with van der Waals surface area (Å²) in [4.78, 5) is 41.9. The summed E-state index contributed by atoms with van der Waals surface area (Å²) in [6.45, 7) is 9.32. The molecule has 0 unspecified atom stereocenters. The molecule has 1 N–H and O–H groups in total. The lowest BCUT2D eigenvalue weighted by Gasteiger charge is -2.30. The van der Waals surface area contributed by atoms with Crippen LogP contribution in [0.5, 0.6) is 11.5 Å². The Morgan fingerprint density at radius 3 is 2.61 bits per heavy atom. The molecule has 0 saturated carbocycles. The van der Waals surface area contributed by atoms with Crippen LogP contribution in [0.2, 0.25) is 0 Å². The van der Waals surface area contributed by atoms with Gasteiger partial charge in [-0.05, 0) is 60.5 Å². The minimum atomic E-state index is -0.505. The molecule has 0 spiro atoms. The first-order valence-corrected chi connectivity index (χ1v) is 13.5.